The van der Waals surface area contributed by atoms with Crippen molar-refractivity contribution < 1.29 is 4.74 Å². The molecule has 3 heterocycles. The molecule has 136 valence electrons. The molecule has 3 aromatic heterocycles. The summed E-state index contributed by atoms with van der Waals surface area (Å²) >= 11 is 0. The Balaban J connectivity index is 1.80. The van der Waals surface area contributed by atoms with Crippen molar-refractivity contribution in [3.05, 3.63) is 60.3 Å². The predicted molar refractivity (Wildman–Crippen MR) is 101 cm³/mol. The summed E-state index contributed by atoms with van der Waals surface area (Å²) < 4.78 is 7.15. The molecule has 1 atom stereocenters. The molecular weight excluding hydrogens is 354 g/mol. The van der Waals surface area contributed by atoms with E-state index in [0.29, 0.717) is 11.3 Å². The number of ether oxygens (including phenoxy) is 1. The first-order chi connectivity index (χ1) is 13.7. The van der Waals surface area contributed by atoms with E-state index in [1.807, 2.05) is 18.5 Å². The van der Waals surface area contributed by atoms with Gasteiger partial charge in [-0.05, 0) is 24.3 Å². The summed E-state index contributed by atoms with van der Waals surface area (Å²) in [5.41, 5.74) is 3.54. The Hall–Kier alpha value is -4.17. The summed E-state index contributed by atoms with van der Waals surface area (Å²) in [5, 5.41) is 24.0. The number of nitrogens with one attached hydrogen (secondary N) is 1. The highest BCUT2D eigenvalue weighted by molar-refractivity contribution is 5.89. The van der Waals surface area contributed by atoms with E-state index in [-0.39, 0.29) is 6.42 Å². The first-order valence-corrected chi connectivity index (χ1v) is 8.52. The Morgan fingerprint density at radius 2 is 2.14 bits per heavy atom. The number of hydrogen-bond acceptors (Lipinski definition) is 6. The quantitative estimate of drug-likeness (QED) is 0.577. The number of aromatic amines is 1. The third-order valence-corrected chi connectivity index (χ3v) is 4.55. The van der Waals surface area contributed by atoms with Crippen LogP contribution in [0, 0.1) is 22.7 Å². The second-order valence-electron chi connectivity index (χ2n) is 6.12. The molecule has 0 saturated heterocycles. The van der Waals surface area contributed by atoms with Gasteiger partial charge >= 0.3 is 0 Å². The molecule has 8 heteroatoms. The molecule has 0 aliphatic carbocycles. The fraction of sp³-hybridized carbons (Fsp3) is 0.150. The molecule has 1 unspecified atom stereocenters. The van der Waals surface area contributed by atoms with Gasteiger partial charge in [0.25, 0.3) is 0 Å². The summed E-state index contributed by atoms with van der Waals surface area (Å²) in [6.45, 7) is 0. The van der Waals surface area contributed by atoms with Gasteiger partial charge in [0.2, 0.25) is 0 Å². The van der Waals surface area contributed by atoms with Crippen LogP contribution in [0.2, 0.25) is 0 Å². The Kier molecular flexibility index (Phi) is 4.45. The SMILES string of the molecule is COc1ccc(C#N)cc1C(CC#N)n1cc(-c2ncnc3[nH]ccc23)cn1. The van der Waals surface area contributed by atoms with Crippen LogP contribution in [0.1, 0.15) is 23.6 Å². The molecular formula is C20H15N7O. The van der Waals surface area contributed by atoms with Crippen molar-refractivity contribution in [2.75, 3.05) is 7.11 Å². The maximum absolute atomic E-state index is 9.37. The topological polar surface area (TPSA) is 116 Å². The summed E-state index contributed by atoms with van der Waals surface area (Å²) in [6, 6.07) is 11.0. The second-order valence-corrected chi connectivity index (χ2v) is 6.12. The molecule has 0 aliphatic heterocycles. The summed E-state index contributed by atoms with van der Waals surface area (Å²) in [4.78, 5) is 11.7. The number of methoxy groups -OCH3 is 1. The molecule has 0 radical (unpaired) electrons. The van der Waals surface area contributed by atoms with Gasteiger partial charge in [0.15, 0.2) is 0 Å². The number of aromatic nitrogens is 5. The zero-order valence-electron chi connectivity index (χ0n) is 15.0. The summed E-state index contributed by atoms with van der Waals surface area (Å²) in [7, 11) is 1.56. The van der Waals surface area contributed by atoms with Crippen LogP contribution in [0.3, 0.4) is 0 Å². The van der Waals surface area contributed by atoms with Gasteiger partial charge in [-0.3, -0.25) is 4.68 Å². The average molecular weight is 369 g/mol. The maximum atomic E-state index is 9.37. The molecule has 0 aliphatic rings. The van der Waals surface area contributed by atoms with E-state index in [1.165, 1.54) is 6.33 Å². The van der Waals surface area contributed by atoms with Gasteiger partial charge in [-0.1, -0.05) is 0 Å². The Bertz CT molecular complexity index is 1230. The lowest BCUT2D eigenvalue weighted by Crippen LogP contribution is -2.12. The molecule has 28 heavy (non-hydrogen) atoms. The highest BCUT2D eigenvalue weighted by Gasteiger charge is 2.21. The van der Waals surface area contributed by atoms with Gasteiger partial charge in [-0.2, -0.15) is 15.6 Å². The zero-order valence-corrected chi connectivity index (χ0v) is 15.0. The van der Waals surface area contributed by atoms with Crippen molar-refractivity contribution in [1.29, 1.82) is 10.5 Å². The van der Waals surface area contributed by atoms with Gasteiger partial charge in [0.05, 0.1) is 49.2 Å². The van der Waals surface area contributed by atoms with Crippen LogP contribution in [0.5, 0.6) is 5.75 Å². The largest absolute Gasteiger partial charge is 0.496 e. The van der Waals surface area contributed by atoms with Gasteiger partial charge in [0, 0.05) is 28.9 Å². The molecule has 0 saturated carbocycles. The minimum absolute atomic E-state index is 0.176. The van der Waals surface area contributed by atoms with Gasteiger partial charge < -0.3 is 9.72 Å². The van der Waals surface area contributed by atoms with Gasteiger partial charge in [-0.15, -0.1) is 0 Å². The van der Waals surface area contributed by atoms with Crippen molar-refractivity contribution in [3.63, 3.8) is 0 Å². The third-order valence-electron chi connectivity index (χ3n) is 4.55. The molecule has 4 rings (SSSR count). The van der Waals surface area contributed by atoms with Crippen LogP contribution in [-0.2, 0) is 0 Å². The average Bonchev–Trinajstić information content (AvgIpc) is 3.41. The molecule has 8 nitrogen and oxygen atoms in total. The van der Waals surface area contributed by atoms with E-state index < -0.39 is 6.04 Å². The van der Waals surface area contributed by atoms with E-state index in [2.05, 4.69) is 32.2 Å². The van der Waals surface area contributed by atoms with Crippen LogP contribution in [0.25, 0.3) is 22.3 Å². The maximum Gasteiger partial charge on any atom is 0.141 e. The normalized spacial score (nSPS) is 11.7. The first-order valence-electron chi connectivity index (χ1n) is 8.52. The monoisotopic (exact) mass is 369 g/mol. The van der Waals surface area contributed by atoms with Crippen molar-refractivity contribution in [3.8, 4) is 29.1 Å². The van der Waals surface area contributed by atoms with Gasteiger partial charge in [-0.25, -0.2) is 9.97 Å². The van der Waals surface area contributed by atoms with Crippen molar-refractivity contribution in [1.82, 2.24) is 24.7 Å². The lowest BCUT2D eigenvalue weighted by Gasteiger charge is -2.18. The number of hydrogen-bond donors (Lipinski definition) is 1. The summed E-state index contributed by atoms with van der Waals surface area (Å²) in [6.07, 6.45) is 7.03. The highest BCUT2D eigenvalue weighted by Crippen LogP contribution is 2.32. The van der Waals surface area contributed by atoms with Crippen molar-refractivity contribution >= 4 is 11.0 Å². The van der Waals surface area contributed by atoms with E-state index in [4.69, 9.17) is 4.74 Å². The minimum Gasteiger partial charge on any atom is -0.496 e. The van der Waals surface area contributed by atoms with Crippen LogP contribution in [0.15, 0.2) is 49.2 Å². The number of fused-ring (bicyclic) bond motifs is 1. The third kappa shape index (κ3) is 2.93. The molecule has 1 aromatic carbocycles. The summed E-state index contributed by atoms with van der Waals surface area (Å²) in [5.74, 6) is 0.603. The highest BCUT2D eigenvalue weighted by atomic mass is 16.5. The lowest BCUT2D eigenvalue weighted by molar-refractivity contribution is 0.397. The number of benzene rings is 1. The predicted octanol–water partition coefficient (Wildman–Crippen LogP) is 3.20. The Morgan fingerprint density at radius 1 is 1.25 bits per heavy atom. The van der Waals surface area contributed by atoms with E-state index in [1.54, 1.807) is 36.2 Å². The standard InChI is InChI=1S/C20H15N7O/c1-28-18-3-2-13(9-22)8-16(18)17(4-6-21)27-11-14(10-26-27)19-15-5-7-23-20(15)25-12-24-19/h2-3,5,7-8,10-12,17H,4H2,1H3,(H,23,24,25). The number of rotatable bonds is 5. The first kappa shape index (κ1) is 17.3. The molecule has 0 amide bonds. The molecule has 0 bridgehead atoms. The zero-order chi connectivity index (χ0) is 19.5. The lowest BCUT2D eigenvalue weighted by atomic mass is 10.0. The fourth-order valence-corrected chi connectivity index (χ4v) is 3.23. The Morgan fingerprint density at radius 3 is 2.93 bits per heavy atom. The van der Waals surface area contributed by atoms with Crippen LogP contribution in [0.4, 0.5) is 0 Å². The van der Waals surface area contributed by atoms with Crippen LogP contribution in [-0.4, -0.2) is 31.8 Å². The van der Waals surface area contributed by atoms with E-state index >= 15 is 0 Å². The van der Waals surface area contributed by atoms with Crippen LogP contribution < -0.4 is 4.74 Å². The molecule has 1 N–H and O–H groups in total. The van der Waals surface area contributed by atoms with Crippen molar-refractivity contribution in [2.24, 2.45) is 0 Å². The number of nitrogens with zero attached hydrogens (tertiary/aromatic N) is 6. The molecule has 0 fully saturated rings. The van der Waals surface area contributed by atoms with Gasteiger partial charge in [0.1, 0.15) is 17.7 Å². The molecule has 4 aromatic rings. The minimum atomic E-state index is -0.398. The number of nitriles is 2. The molecule has 0 spiro atoms. The second kappa shape index (κ2) is 7.22. The smallest absolute Gasteiger partial charge is 0.141 e. The van der Waals surface area contributed by atoms with E-state index in [9.17, 15) is 10.5 Å². The van der Waals surface area contributed by atoms with Crippen LogP contribution >= 0.6 is 0 Å². The number of H-pyrrole nitrogens is 1. The Labute approximate surface area is 160 Å². The van der Waals surface area contributed by atoms with Crippen molar-refractivity contribution in [2.45, 2.75) is 12.5 Å². The van der Waals surface area contributed by atoms with E-state index in [0.717, 1.165) is 27.9 Å². The fourth-order valence-electron chi connectivity index (χ4n) is 3.23.